The molecule has 0 bridgehead atoms. The van der Waals surface area contributed by atoms with E-state index in [-0.39, 0.29) is 11.7 Å². The third-order valence-corrected chi connectivity index (χ3v) is 5.40. The highest BCUT2D eigenvalue weighted by atomic mass is 35.5. The molecular formula is C13H17ClN4OS2. The van der Waals surface area contributed by atoms with Crippen LogP contribution in [0.15, 0.2) is 12.1 Å². The Bertz CT molecular complexity index is 640. The summed E-state index contributed by atoms with van der Waals surface area (Å²) in [5, 5.41) is 0.755. The van der Waals surface area contributed by atoms with E-state index in [1.807, 2.05) is 31.0 Å². The van der Waals surface area contributed by atoms with E-state index in [4.69, 9.17) is 17.3 Å². The van der Waals surface area contributed by atoms with E-state index in [0.29, 0.717) is 11.4 Å². The fourth-order valence-electron chi connectivity index (χ4n) is 1.69. The van der Waals surface area contributed by atoms with Gasteiger partial charge in [0.05, 0.1) is 10.9 Å². The minimum Gasteiger partial charge on any atom is -0.382 e. The fourth-order valence-corrected chi connectivity index (χ4v) is 3.83. The Labute approximate surface area is 137 Å². The number of thiazole rings is 1. The Kier molecular flexibility index (Phi) is 5.08. The second kappa shape index (κ2) is 6.64. The number of hydrogen-bond donors (Lipinski definition) is 1. The SMILES string of the molecule is CCN(C)c1nc(N)c(C(=O)N(C)Cc2ccc(Cl)s2)s1. The quantitative estimate of drug-likeness (QED) is 0.904. The van der Waals surface area contributed by atoms with Crippen molar-refractivity contribution in [2.45, 2.75) is 13.5 Å². The van der Waals surface area contributed by atoms with Crippen LogP contribution in [-0.2, 0) is 6.54 Å². The molecule has 2 aromatic rings. The Morgan fingerprint density at radius 3 is 2.67 bits per heavy atom. The van der Waals surface area contributed by atoms with Crippen molar-refractivity contribution in [3.05, 3.63) is 26.2 Å². The minimum absolute atomic E-state index is 0.120. The van der Waals surface area contributed by atoms with Crippen LogP contribution in [0.2, 0.25) is 4.34 Å². The van der Waals surface area contributed by atoms with E-state index in [1.54, 1.807) is 11.9 Å². The van der Waals surface area contributed by atoms with Gasteiger partial charge in [0.1, 0.15) is 10.7 Å². The molecule has 2 aromatic heterocycles. The number of anilines is 2. The average Bonchev–Trinajstić information content (AvgIpc) is 3.03. The molecule has 0 aliphatic rings. The lowest BCUT2D eigenvalue weighted by atomic mass is 10.4. The Hall–Kier alpha value is -1.31. The Morgan fingerprint density at radius 2 is 2.10 bits per heavy atom. The number of halogens is 1. The molecule has 0 fully saturated rings. The van der Waals surface area contributed by atoms with Crippen LogP contribution in [0.25, 0.3) is 0 Å². The van der Waals surface area contributed by atoms with Crippen molar-refractivity contribution in [3.63, 3.8) is 0 Å². The summed E-state index contributed by atoms with van der Waals surface area (Å²) in [7, 11) is 3.67. The largest absolute Gasteiger partial charge is 0.382 e. The number of aromatic nitrogens is 1. The van der Waals surface area contributed by atoms with Crippen LogP contribution in [0.5, 0.6) is 0 Å². The minimum atomic E-state index is -0.120. The summed E-state index contributed by atoms with van der Waals surface area (Å²) in [6.45, 7) is 3.34. The lowest BCUT2D eigenvalue weighted by Gasteiger charge is -2.15. The first kappa shape index (κ1) is 16.1. The number of hydrogen-bond acceptors (Lipinski definition) is 6. The molecule has 114 valence electrons. The normalized spacial score (nSPS) is 10.7. The van der Waals surface area contributed by atoms with Crippen molar-refractivity contribution >= 4 is 51.1 Å². The van der Waals surface area contributed by atoms with Gasteiger partial charge in [-0.15, -0.1) is 11.3 Å². The van der Waals surface area contributed by atoms with Gasteiger partial charge < -0.3 is 15.5 Å². The van der Waals surface area contributed by atoms with Gasteiger partial charge in [-0.2, -0.15) is 0 Å². The Balaban J connectivity index is 2.13. The Morgan fingerprint density at radius 1 is 1.38 bits per heavy atom. The third-order valence-electron chi connectivity index (χ3n) is 3.01. The van der Waals surface area contributed by atoms with E-state index in [0.717, 1.165) is 20.9 Å². The molecule has 1 amide bonds. The van der Waals surface area contributed by atoms with Gasteiger partial charge in [0.2, 0.25) is 0 Å². The van der Waals surface area contributed by atoms with Gasteiger partial charge in [-0.1, -0.05) is 22.9 Å². The van der Waals surface area contributed by atoms with Crippen LogP contribution < -0.4 is 10.6 Å². The summed E-state index contributed by atoms with van der Waals surface area (Å²) in [5.41, 5.74) is 5.88. The van der Waals surface area contributed by atoms with Crippen molar-refractivity contribution in [2.24, 2.45) is 0 Å². The van der Waals surface area contributed by atoms with E-state index in [1.165, 1.54) is 22.7 Å². The number of nitrogens with zero attached hydrogens (tertiary/aromatic N) is 3. The summed E-state index contributed by atoms with van der Waals surface area (Å²) >= 11 is 8.69. The number of thiophene rings is 1. The van der Waals surface area contributed by atoms with Gasteiger partial charge in [0.15, 0.2) is 5.13 Å². The lowest BCUT2D eigenvalue weighted by Crippen LogP contribution is -2.25. The highest BCUT2D eigenvalue weighted by Gasteiger charge is 2.21. The molecule has 2 rings (SSSR count). The van der Waals surface area contributed by atoms with Gasteiger partial charge in [-0.05, 0) is 19.1 Å². The van der Waals surface area contributed by atoms with E-state index < -0.39 is 0 Å². The molecule has 0 unspecified atom stereocenters. The molecule has 0 aliphatic carbocycles. The van der Waals surface area contributed by atoms with Gasteiger partial charge in [-0.25, -0.2) is 4.98 Å². The first-order valence-electron chi connectivity index (χ1n) is 6.39. The number of carbonyl (C=O) groups is 1. The number of amides is 1. The molecule has 0 saturated carbocycles. The van der Waals surface area contributed by atoms with E-state index >= 15 is 0 Å². The third kappa shape index (κ3) is 3.66. The molecular weight excluding hydrogens is 328 g/mol. The van der Waals surface area contributed by atoms with Crippen molar-refractivity contribution in [1.82, 2.24) is 9.88 Å². The molecule has 2 N–H and O–H groups in total. The summed E-state index contributed by atoms with van der Waals surface area (Å²) in [4.78, 5) is 21.8. The standard InChI is InChI=1S/C13H17ClN4OS2/c1-4-17(2)13-16-11(15)10(21-13)12(19)18(3)7-8-5-6-9(14)20-8/h5-6H,4,7,15H2,1-3H3. The average molecular weight is 345 g/mol. The molecule has 8 heteroatoms. The number of rotatable bonds is 5. The molecule has 0 atom stereocenters. The van der Waals surface area contributed by atoms with Crippen LogP contribution in [0, 0.1) is 0 Å². The molecule has 2 heterocycles. The van der Waals surface area contributed by atoms with E-state index in [9.17, 15) is 4.79 Å². The monoisotopic (exact) mass is 344 g/mol. The highest BCUT2D eigenvalue weighted by molar-refractivity contribution is 7.18. The molecule has 0 aromatic carbocycles. The summed E-state index contributed by atoms with van der Waals surface area (Å²) in [6, 6.07) is 3.75. The molecule has 0 radical (unpaired) electrons. The summed E-state index contributed by atoms with van der Waals surface area (Å²) in [6.07, 6.45) is 0. The second-order valence-corrected chi connectivity index (χ2v) is 7.37. The molecule has 0 saturated heterocycles. The smallest absolute Gasteiger partial charge is 0.267 e. The van der Waals surface area contributed by atoms with Gasteiger partial charge in [0.25, 0.3) is 5.91 Å². The maximum Gasteiger partial charge on any atom is 0.267 e. The van der Waals surface area contributed by atoms with Gasteiger partial charge in [-0.3, -0.25) is 4.79 Å². The zero-order chi connectivity index (χ0) is 15.6. The van der Waals surface area contributed by atoms with Crippen molar-refractivity contribution in [1.29, 1.82) is 0 Å². The highest BCUT2D eigenvalue weighted by Crippen LogP contribution is 2.29. The summed E-state index contributed by atoms with van der Waals surface area (Å²) < 4.78 is 0.718. The first-order chi connectivity index (χ1) is 9.92. The number of carbonyl (C=O) groups excluding carboxylic acids is 1. The number of nitrogens with two attached hydrogens (primary N) is 1. The van der Waals surface area contributed by atoms with Crippen molar-refractivity contribution in [3.8, 4) is 0 Å². The number of nitrogen functional groups attached to an aromatic ring is 1. The van der Waals surface area contributed by atoms with Crippen molar-refractivity contribution < 1.29 is 4.79 Å². The van der Waals surface area contributed by atoms with Crippen LogP contribution in [0.1, 0.15) is 21.5 Å². The molecule has 5 nitrogen and oxygen atoms in total. The van der Waals surface area contributed by atoms with Crippen LogP contribution in [0.3, 0.4) is 0 Å². The first-order valence-corrected chi connectivity index (χ1v) is 8.40. The second-order valence-electron chi connectivity index (χ2n) is 4.59. The van der Waals surface area contributed by atoms with E-state index in [2.05, 4.69) is 4.98 Å². The van der Waals surface area contributed by atoms with Crippen LogP contribution in [0.4, 0.5) is 10.9 Å². The topological polar surface area (TPSA) is 62.5 Å². The maximum absolute atomic E-state index is 12.5. The predicted molar refractivity (Wildman–Crippen MR) is 90.6 cm³/mol. The zero-order valence-electron chi connectivity index (χ0n) is 12.1. The zero-order valence-corrected chi connectivity index (χ0v) is 14.5. The molecule has 21 heavy (non-hydrogen) atoms. The molecule has 0 spiro atoms. The lowest BCUT2D eigenvalue weighted by molar-refractivity contribution is 0.0792. The van der Waals surface area contributed by atoms with Crippen molar-refractivity contribution in [2.75, 3.05) is 31.3 Å². The molecule has 0 aliphatic heterocycles. The van der Waals surface area contributed by atoms with Gasteiger partial charge >= 0.3 is 0 Å². The maximum atomic E-state index is 12.5. The van der Waals surface area contributed by atoms with Gasteiger partial charge in [0, 0.05) is 25.5 Å². The predicted octanol–water partition coefficient (Wildman–Crippen LogP) is 3.17. The van der Waals surface area contributed by atoms with Crippen LogP contribution >= 0.6 is 34.3 Å². The summed E-state index contributed by atoms with van der Waals surface area (Å²) in [5.74, 6) is 0.168. The van der Waals surface area contributed by atoms with Crippen LogP contribution in [-0.4, -0.2) is 36.4 Å². The fraction of sp³-hybridized carbons (Fsp3) is 0.385.